The van der Waals surface area contributed by atoms with Crippen LogP contribution in [0.5, 0.6) is 0 Å². The van der Waals surface area contributed by atoms with E-state index in [2.05, 4.69) is 32.2 Å². The van der Waals surface area contributed by atoms with Crippen LogP contribution in [0.3, 0.4) is 0 Å². The zero-order chi connectivity index (χ0) is 10.1. The van der Waals surface area contributed by atoms with E-state index < -0.39 is 0 Å². The first-order valence-corrected chi connectivity index (χ1v) is 5.58. The molecule has 2 atom stereocenters. The molecule has 0 spiro atoms. The van der Waals surface area contributed by atoms with E-state index in [1.54, 1.807) is 0 Å². The maximum Gasteiger partial charge on any atom is 0.0949 e. The van der Waals surface area contributed by atoms with Crippen LogP contribution in [0.15, 0.2) is 31.1 Å². The lowest BCUT2D eigenvalue weighted by Crippen LogP contribution is -2.35. The Morgan fingerprint density at radius 3 is 2.93 bits per heavy atom. The molecule has 1 aromatic heterocycles. The van der Waals surface area contributed by atoms with Crippen LogP contribution < -0.4 is 5.32 Å². The normalized spacial score (nSPS) is 29.7. The summed E-state index contributed by atoms with van der Waals surface area (Å²) in [7, 11) is 0. The van der Waals surface area contributed by atoms with Gasteiger partial charge in [-0.2, -0.15) is 0 Å². The van der Waals surface area contributed by atoms with Gasteiger partial charge in [-0.15, -0.1) is 0 Å². The Labute approximate surface area is 89.6 Å². The Morgan fingerprint density at radius 1 is 1.27 bits per heavy atom. The smallest absolute Gasteiger partial charge is 0.0949 e. The molecule has 2 aliphatic rings. The molecule has 0 amide bonds. The Kier molecular flexibility index (Phi) is 2.12. The van der Waals surface area contributed by atoms with E-state index in [-0.39, 0.29) is 0 Å². The van der Waals surface area contributed by atoms with E-state index in [0.29, 0.717) is 12.1 Å². The van der Waals surface area contributed by atoms with Gasteiger partial charge in [0.25, 0.3) is 0 Å². The molecular formula is C11H16N4. The molecule has 3 rings (SSSR count). The number of nitrogens with zero attached hydrogens (tertiary/aromatic N) is 3. The third-order valence-electron chi connectivity index (χ3n) is 3.44. The Bertz CT molecular complexity index is 343. The van der Waals surface area contributed by atoms with E-state index in [4.69, 9.17) is 0 Å². The van der Waals surface area contributed by atoms with E-state index in [9.17, 15) is 0 Å². The molecule has 0 bridgehead atoms. The minimum absolute atomic E-state index is 0.594. The summed E-state index contributed by atoms with van der Waals surface area (Å²) in [6.45, 7) is 0.954. The van der Waals surface area contributed by atoms with Gasteiger partial charge in [-0.1, -0.05) is 0 Å². The molecule has 1 aliphatic carbocycles. The van der Waals surface area contributed by atoms with Crippen molar-refractivity contribution in [2.75, 3.05) is 6.67 Å². The molecule has 4 nitrogen and oxygen atoms in total. The van der Waals surface area contributed by atoms with Crippen LogP contribution in [0, 0.1) is 0 Å². The summed E-state index contributed by atoms with van der Waals surface area (Å²) in [5.41, 5.74) is 0. The minimum atomic E-state index is 0.594. The number of imidazole rings is 1. The summed E-state index contributed by atoms with van der Waals surface area (Å²) < 4.78 is 2.25. The fourth-order valence-corrected chi connectivity index (χ4v) is 2.71. The molecule has 1 aromatic rings. The SMILES string of the molecule is C1=CN(C2CCCC2n2ccnc2)CN1. The zero-order valence-electron chi connectivity index (χ0n) is 8.71. The van der Waals surface area contributed by atoms with E-state index >= 15 is 0 Å². The van der Waals surface area contributed by atoms with Crippen molar-refractivity contribution in [3.63, 3.8) is 0 Å². The topological polar surface area (TPSA) is 33.1 Å². The molecule has 15 heavy (non-hydrogen) atoms. The summed E-state index contributed by atoms with van der Waals surface area (Å²) in [6, 6.07) is 1.22. The third-order valence-corrected chi connectivity index (χ3v) is 3.44. The largest absolute Gasteiger partial charge is 0.373 e. The summed E-state index contributed by atoms with van der Waals surface area (Å²) in [4.78, 5) is 6.54. The van der Waals surface area contributed by atoms with Crippen LogP contribution in [0.1, 0.15) is 25.3 Å². The Balaban J connectivity index is 1.80. The molecule has 0 saturated heterocycles. The molecule has 2 unspecified atom stereocenters. The maximum atomic E-state index is 4.14. The monoisotopic (exact) mass is 204 g/mol. The highest BCUT2D eigenvalue weighted by Gasteiger charge is 2.32. The van der Waals surface area contributed by atoms with Gasteiger partial charge in [0.05, 0.1) is 25.1 Å². The quantitative estimate of drug-likeness (QED) is 0.788. The van der Waals surface area contributed by atoms with E-state index in [1.165, 1.54) is 19.3 Å². The van der Waals surface area contributed by atoms with Crippen molar-refractivity contribution in [2.45, 2.75) is 31.3 Å². The Hall–Kier alpha value is -1.45. The van der Waals surface area contributed by atoms with Gasteiger partial charge in [-0.05, 0) is 19.3 Å². The van der Waals surface area contributed by atoms with Crippen molar-refractivity contribution < 1.29 is 0 Å². The molecule has 1 fully saturated rings. The second kappa shape index (κ2) is 3.61. The molecule has 2 heterocycles. The van der Waals surface area contributed by atoms with Crippen molar-refractivity contribution in [3.05, 3.63) is 31.1 Å². The first kappa shape index (κ1) is 8.83. The van der Waals surface area contributed by atoms with Gasteiger partial charge < -0.3 is 14.8 Å². The first-order chi connectivity index (χ1) is 7.45. The van der Waals surface area contributed by atoms with Crippen molar-refractivity contribution in [3.8, 4) is 0 Å². The molecule has 1 aliphatic heterocycles. The second-order valence-corrected chi connectivity index (χ2v) is 4.27. The average Bonchev–Trinajstić information content (AvgIpc) is 3.01. The van der Waals surface area contributed by atoms with Gasteiger partial charge in [-0.3, -0.25) is 0 Å². The fraction of sp³-hybridized carbons (Fsp3) is 0.545. The van der Waals surface area contributed by atoms with Crippen LogP contribution in [0.4, 0.5) is 0 Å². The second-order valence-electron chi connectivity index (χ2n) is 4.27. The third kappa shape index (κ3) is 1.50. The molecule has 1 saturated carbocycles. The average molecular weight is 204 g/mol. The Morgan fingerprint density at radius 2 is 2.20 bits per heavy atom. The predicted octanol–water partition coefficient (Wildman–Crippen LogP) is 1.31. The molecule has 4 heteroatoms. The summed E-state index contributed by atoms with van der Waals surface area (Å²) >= 11 is 0. The first-order valence-electron chi connectivity index (χ1n) is 5.58. The molecule has 0 radical (unpaired) electrons. The number of aromatic nitrogens is 2. The van der Waals surface area contributed by atoms with Crippen LogP contribution in [-0.2, 0) is 0 Å². The van der Waals surface area contributed by atoms with Crippen LogP contribution >= 0.6 is 0 Å². The van der Waals surface area contributed by atoms with Gasteiger partial charge >= 0.3 is 0 Å². The highest BCUT2D eigenvalue weighted by molar-refractivity contribution is 4.99. The number of hydrogen-bond acceptors (Lipinski definition) is 3. The highest BCUT2D eigenvalue weighted by Crippen LogP contribution is 2.34. The van der Waals surface area contributed by atoms with E-state index in [0.717, 1.165) is 6.67 Å². The summed E-state index contributed by atoms with van der Waals surface area (Å²) in [6.07, 6.45) is 14.0. The summed E-state index contributed by atoms with van der Waals surface area (Å²) in [5.74, 6) is 0. The molecule has 0 aromatic carbocycles. The van der Waals surface area contributed by atoms with Gasteiger partial charge in [0.15, 0.2) is 0 Å². The predicted molar refractivity (Wildman–Crippen MR) is 57.9 cm³/mol. The lowest BCUT2D eigenvalue weighted by atomic mass is 10.1. The number of nitrogens with one attached hydrogen (secondary N) is 1. The van der Waals surface area contributed by atoms with Gasteiger partial charge in [0.1, 0.15) is 0 Å². The van der Waals surface area contributed by atoms with Gasteiger partial charge in [-0.25, -0.2) is 4.98 Å². The van der Waals surface area contributed by atoms with Crippen molar-refractivity contribution in [2.24, 2.45) is 0 Å². The van der Waals surface area contributed by atoms with Gasteiger partial charge in [0, 0.05) is 24.8 Å². The number of hydrogen-bond donors (Lipinski definition) is 1. The van der Waals surface area contributed by atoms with Gasteiger partial charge in [0.2, 0.25) is 0 Å². The number of rotatable bonds is 2. The highest BCUT2D eigenvalue weighted by atomic mass is 15.3. The van der Waals surface area contributed by atoms with E-state index in [1.807, 2.05) is 18.7 Å². The minimum Gasteiger partial charge on any atom is -0.373 e. The molecular weight excluding hydrogens is 188 g/mol. The van der Waals surface area contributed by atoms with Crippen molar-refractivity contribution in [1.82, 2.24) is 19.8 Å². The lowest BCUT2D eigenvalue weighted by Gasteiger charge is -2.29. The molecule has 80 valence electrons. The lowest BCUT2D eigenvalue weighted by molar-refractivity contribution is 0.234. The molecule has 1 N–H and O–H groups in total. The standard InChI is InChI=1S/C11H16N4/c1-2-10(14-6-4-12-8-14)11(3-1)15-7-5-13-9-15/h4-8,10-11,13H,1-3,9H2. The van der Waals surface area contributed by atoms with Crippen molar-refractivity contribution in [1.29, 1.82) is 0 Å². The van der Waals surface area contributed by atoms with Crippen LogP contribution in [0.25, 0.3) is 0 Å². The fourth-order valence-electron chi connectivity index (χ4n) is 2.71. The van der Waals surface area contributed by atoms with Crippen LogP contribution in [-0.4, -0.2) is 27.2 Å². The van der Waals surface area contributed by atoms with Crippen LogP contribution in [0.2, 0.25) is 0 Å². The zero-order valence-corrected chi connectivity index (χ0v) is 8.71. The van der Waals surface area contributed by atoms with Crippen molar-refractivity contribution >= 4 is 0 Å². The maximum absolute atomic E-state index is 4.14. The summed E-state index contributed by atoms with van der Waals surface area (Å²) in [5, 5.41) is 3.24.